The molecule has 3 rings (SSSR count). The molecule has 0 aromatic carbocycles. The van der Waals surface area contributed by atoms with Crippen molar-refractivity contribution in [2.75, 3.05) is 0 Å². The predicted octanol–water partition coefficient (Wildman–Crippen LogP) is 2.76. The lowest BCUT2D eigenvalue weighted by atomic mass is 9.78. The lowest BCUT2D eigenvalue weighted by molar-refractivity contribution is 0.0916. The van der Waals surface area contributed by atoms with Gasteiger partial charge in [-0.25, -0.2) is 15.0 Å². The Morgan fingerprint density at radius 2 is 2.17 bits per heavy atom. The zero-order valence-corrected chi connectivity index (χ0v) is 11.1. The molecule has 1 aliphatic carbocycles. The molecular weight excluding hydrogens is 246 g/mol. The van der Waals surface area contributed by atoms with E-state index >= 15 is 0 Å². The van der Waals surface area contributed by atoms with Crippen LogP contribution in [0.1, 0.15) is 35.6 Å². The van der Waals surface area contributed by atoms with Gasteiger partial charge in [-0.3, -0.25) is 4.79 Å². The standard InChI is InChI=1S/C13H13N3OS/c1-13(2)5-9-11(10(17)6-13)18-12(16-9)8-3-4-14-7-15-8/h3-4,7H,5-6H2,1-2H3. The SMILES string of the molecule is CC1(C)CC(=O)c2sc(-c3ccncn3)nc2C1. The number of ketones is 1. The molecule has 0 bridgehead atoms. The van der Waals surface area contributed by atoms with E-state index < -0.39 is 0 Å². The van der Waals surface area contributed by atoms with Crippen LogP contribution in [0.5, 0.6) is 0 Å². The third-order valence-corrected chi connectivity index (χ3v) is 4.20. The van der Waals surface area contributed by atoms with Crippen molar-refractivity contribution in [2.24, 2.45) is 5.41 Å². The molecule has 0 spiro atoms. The minimum absolute atomic E-state index is 0.0150. The highest BCUT2D eigenvalue weighted by atomic mass is 32.1. The van der Waals surface area contributed by atoms with Gasteiger partial charge in [0.05, 0.1) is 10.6 Å². The van der Waals surface area contributed by atoms with Gasteiger partial charge in [-0.1, -0.05) is 13.8 Å². The molecule has 0 radical (unpaired) electrons. The van der Waals surface area contributed by atoms with Crippen molar-refractivity contribution in [3.63, 3.8) is 0 Å². The Morgan fingerprint density at radius 1 is 1.33 bits per heavy atom. The van der Waals surface area contributed by atoms with Gasteiger partial charge in [-0.15, -0.1) is 11.3 Å². The van der Waals surface area contributed by atoms with Crippen LogP contribution in [0.3, 0.4) is 0 Å². The highest BCUT2D eigenvalue weighted by molar-refractivity contribution is 7.17. The van der Waals surface area contributed by atoms with Gasteiger partial charge in [0.1, 0.15) is 17.0 Å². The van der Waals surface area contributed by atoms with Gasteiger partial charge in [0.25, 0.3) is 0 Å². The van der Waals surface area contributed by atoms with E-state index in [0.717, 1.165) is 27.7 Å². The fourth-order valence-corrected chi connectivity index (χ4v) is 3.24. The molecule has 4 nitrogen and oxygen atoms in total. The minimum atomic E-state index is 0.0150. The molecule has 1 aliphatic rings. The summed E-state index contributed by atoms with van der Waals surface area (Å²) in [4.78, 5) is 25.5. The third kappa shape index (κ3) is 1.95. The monoisotopic (exact) mass is 259 g/mol. The van der Waals surface area contributed by atoms with E-state index in [1.54, 1.807) is 6.20 Å². The van der Waals surface area contributed by atoms with Gasteiger partial charge >= 0.3 is 0 Å². The Labute approximate surface area is 109 Å². The molecule has 0 aliphatic heterocycles. The first-order valence-electron chi connectivity index (χ1n) is 5.84. The zero-order valence-electron chi connectivity index (χ0n) is 10.3. The minimum Gasteiger partial charge on any atom is -0.293 e. The van der Waals surface area contributed by atoms with Crippen LogP contribution < -0.4 is 0 Å². The van der Waals surface area contributed by atoms with E-state index in [2.05, 4.69) is 28.8 Å². The summed E-state index contributed by atoms with van der Waals surface area (Å²) in [6.07, 6.45) is 4.65. The zero-order chi connectivity index (χ0) is 12.8. The molecule has 92 valence electrons. The number of hydrogen-bond acceptors (Lipinski definition) is 5. The molecule has 2 aromatic heterocycles. The van der Waals surface area contributed by atoms with Crippen LogP contribution in [0.2, 0.25) is 0 Å². The summed E-state index contributed by atoms with van der Waals surface area (Å²) in [5, 5.41) is 0.813. The van der Waals surface area contributed by atoms with Crippen LogP contribution in [-0.4, -0.2) is 20.7 Å². The van der Waals surface area contributed by atoms with Gasteiger partial charge in [0.15, 0.2) is 5.78 Å². The predicted molar refractivity (Wildman–Crippen MR) is 69.6 cm³/mol. The molecule has 0 N–H and O–H groups in total. The molecule has 0 amide bonds. The lowest BCUT2D eigenvalue weighted by Crippen LogP contribution is -2.25. The molecular formula is C13H13N3OS. The number of carbonyl (C=O) groups is 1. The number of nitrogens with zero attached hydrogens (tertiary/aromatic N) is 3. The Balaban J connectivity index is 2.06. The number of carbonyl (C=O) groups excluding carboxylic acids is 1. The Hall–Kier alpha value is -1.62. The fraction of sp³-hybridized carbons (Fsp3) is 0.385. The van der Waals surface area contributed by atoms with E-state index in [4.69, 9.17) is 0 Å². The fourth-order valence-electron chi connectivity index (χ4n) is 2.25. The number of fused-ring (bicyclic) bond motifs is 1. The van der Waals surface area contributed by atoms with Gasteiger partial charge in [-0.05, 0) is 17.9 Å². The highest BCUT2D eigenvalue weighted by Crippen LogP contribution is 2.38. The van der Waals surface area contributed by atoms with Crippen LogP contribution >= 0.6 is 11.3 Å². The molecule has 5 heteroatoms. The van der Waals surface area contributed by atoms with E-state index in [0.29, 0.717) is 6.42 Å². The van der Waals surface area contributed by atoms with Gasteiger partial charge < -0.3 is 0 Å². The number of aromatic nitrogens is 3. The summed E-state index contributed by atoms with van der Waals surface area (Å²) < 4.78 is 0. The summed E-state index contributed by atoms with van der Waals surface area (Å²) in [5.41, 5.74) is 1.73. The molecule has 0 unspecified atom stereocenters. The first-order chi connectivity index (χ1) is 8.55. The van der Waals surface area contributed by atoms with Crippen molar-refractivity contribution in [1.29, 1.82) is 0 Å². The van der Waals surface area contributed by atoms with E-state index in [-0.39, 0.29) is 11.2 Å². The summed E-state index contributed by atoms with van der Waals surface area (Å²) in [7, 11) is 0. The third-order valence-electron chi connectivity index (χ3n) is 3.04. The molecule has 0 fully saturated rings. The smallest absolute Gasteiger partial charge is 0.175 e. The topological polar surface area (TPSA) is 55.7 Å². The maximum absolute atomic E-state index is 12.1. The summed E-state index contributed by atoms with van der Waals surface area (Å²) in [6.45, 7) is 4.22. The second kappa shape index (κ2) is 3.95. The Kier molecular flexibility index (Phi) is 2.52. The molecule has 0 atom stereocenters. The highest BCUT2D eigenvalue weighted by Gasteiger charge is 2.34. The summed E-state index contributed by atoms with van der Waals surface area (Å²) in [6, 6.07) is 1.82. The first-order valence-corrected chi connectivity index (χ1v) is 6.66. The largest absolute Gasteiger partial charge is 0.293 e. The van der Waals surface area contributed by atoms with E-state index in [1.165, 1.54) is 17.7 Å². The molecule has 2 aromatic rings. The van der Waals surface area contributed by atoms with Crippen LogP contribution in [0.15, 0.2) is 18.6 Å². The molecule has 18 heavy (non-hydrogen) atoms. The summed E-state index contributed by atoms with van der Waals surface area (Å²) in [5.74, 6) is 0.207. The molecule has 0 saturated heterocycles. The van der Waals surface area contributed by atoms with Gasteiger partial charge in [0.2, 0.25) is 0 Å². The second-order valence-electron chi connectivity index (χ2n) is 5.33. The van der Waals surface area contributed by atoms with Crippen LogP contribution in [0.4, 0.5) is 0 Å². The average molecular weight is 259 g/mol. The number of rotatable bonds is 1. The average Bonchev–Trinajstić information content (AvgIpc) is 2.72. The van der Waals surface area contributed by atoms with Crippen molar-refractivity contribution in [3.05, 3.63) is 29.2 Å². The Morgan fingerprint density at radius 3 is 2.89 bits per heavy atom. The maximum Gasteiger partial charge on any atom is 0.175 e. The van der Waals surface area contributed by atoms with Crippen molar-refractivity contribution >= 4 is 17.1 Å². The van der Waals surface area contributed by atoms with Crippen molar-refractivity contribution in [3.8, 4) is 10.7 Å². The van der Waals surface area contributed by atoms with Crippen molar-refractivity contribution < 1.29 is 4.79 Å². The van der Waals surface area contributed by atoms with E-state index in [1.807, 2.05) is 6.07 Å². The Bertz CT molecular complexity index is 604. The normalized spacial score (nSPS) is 17.6. The molecule has 0 saturated carbocycles. The maximum atomic E-state index is 12.1. The number of hydrogen-bond donors (Lipinski definition) is 0. The second-order valence-corrected chi connectivity index (χ2v) is 6.33. The van der Waals surface area contributed by atoms with Crippen LogP contribution in [0.25, 0.3) is 10.7 Å². The van der Waals surface area contributed by atoms with Crippen molar-refractivity contribution in [1.82, 2.24) is 15.0 Å². The molecule has 2 heterocycles. The van der Waals surface area contributed by atoms with Gasteiger partial charge in [-0.2, -0.15) is 0 Å². The van der Waals surface area contributed by atoms with Crippen LogP contribution in [-0.2, 0) is 6.42 Å². The van der Waals surface area contributed by atoms with Crippen molar-refractivity contribution in [2.45, 2.75) is 26.7 Å². The number of Topliss-reactive ketones (excluding diaryl/α,β-unsaturated/α-hetero) is 1. The summed E-state index contributed by atoms with van der Waals surface area (Å²) >= 11 is 1.45. The van der Waals surface area contributed by atoms with E-state index in [9.17, 15) is 4.79 Å². The first kappa shape index (κ1) is 11.5. The van der Waals surface area contributed by atoms with Crippen LogP contribution in [0, 0.1) is 5.41 Å². The van der Waals surface area contributed by atoms with Gasteiger partial charge in [0, 0.05) is 12.6 Å². The quantitative estimate of drug-likeness (QED) is 0.790. The lowest BCUT2D eigenvalue weighted by Gasteiger charge is -2.26. The number of thiazole rings is 1.